The third-order valence-electron chi connectivity index (χ3n) is 2.35. The largest absolute Gasteiger partial charge is 0.480 e. The summed E-state index contributed by atoms with van der Waals surface area (Å²) in [5.41, 5.74) is -0.140. The van der Waals surface area contributed by atoms with Gasteiger partial charge >= 0.3 is 5.97 Å². The van der Waals surface area contributed by atoms with Crippen molar-refractivity contribution in [1.29, 1.82) is 0 Å². The number of aliphatic carboxylic acids is 1. The standard InChI is InChI=1S/C12H13BrFNO3/c1-7(2)15(6-11(16)17)12(18)9-5-8(13)3-4-10(9)14/h3-5,7H,6H2,1-2H3,(H,16,17). The Morgan fingerprint density at radius 2 is 2.06 bits per heavy atom. The number of carboxylic acid groups (broad SMARTS) is 1. The second kappa shape index (κ2) is 5.95. The minimum absolute atomic E-state index is 0.140. The fourth-order valence-electron chi connectivity index (χ4n) is 1.45. The maximum absolute atomic E-state index is 13.6. The summed E-state index contributed by atoms with van der Waals surface area (Å²) in [5, 5.41) is 8.76. The molecule has 0 atom stereocenters. The highest BCUT2D eigenvalue weighted by molar-refractivity contribution is 9.10. The minimum atomic E-state index is -1.13. The molecule has 0 bridgehead atoms. The fourth-order valence-corrected chi connectivity index (χ4v) is 1.81. The maximum atomic E-state index is 13.6. The predicted octanol–water partition coefficient (Wildman–Crippen LogP) is 2.52. The van der Waals surface area contributed by atoms with Crippen LogP contribution in [-0.2, 0) is 4.79 Å². The lowest BCUT2D eigenvalue weighted by Crippen LogP contribution is -2.41. The molecule has 98 valence electrons. The molecule has 1 N–H and O–H groups in total. The van der Waals surface area contributed by atoms with E-state index in [-0.39, 0.29) is 11.6 Å². The van der Waals surface area contributed by atoms with Crippen molar-refractivity contribution in [3.63, 3.8) is 0 Å². The summed E-state index contributed by atoms with van der Waals surface area (Å²) in [4.78, 5) is 23.9. The third kappa shape index (κ3) is 3.53. The van der Waals surface area contributed by atoms with Crippen molar-refractivity contribution < 1.29 is 19.1 Å². The molecule has 4 nitrogen and oxygen atoms in total. The summed E-state index contributed by atoms with van der Waals surface area (Å²) in [6.07, 6.45) is 0. The van der Waals surface area contributed by atoms with Crippen LogP contribution in [0.1, 0.15) is 24.2 Å². The molecule has 0 fully saturated rings. The molecule has 18 heavy (non-hydrogen) atoms. The smallest absolute Gasteiger partial charge is 0.323 e. The molecule has 6 heteroatoms. The van der Waals surface area contributed by atoms with E-state index < -0.39 is 24.2 Å². The number of nitrogens with zero attached hydrogens (tertiary/aromatic N) is 1. The Morgan fingerprint density at radius 1 is 1.44 bits per heavy atom. The van der Waals surface area contributed by atoms with Gasteiger partial charge in [-0.1, -0.05) is 15.9 Å². The number of carbonyl (C=O) groups is 2. The second-order valence-electron chi connectivity index (χ2n) is 4.04. The van der Waals surface area contributed by atoms with Crippen LogP contribution in [0.15, 0.2) is 22.7 Å². The molecule has 0 aliphatic carbocycles. The molecular formula is C12H13BrFNO3. The van der Waals surface area contributed by atoms with Gasteiger partial charge in [-0.2, -0.15) is 0 Å². The highest BCUT2D eigenvalue weighted by Gasteiger charge is 2.23. The van der Waals surface area contributed by atoms with E-state index in [1.54, 1.807) is 13.8 Å². The molecule has 0 saturated heterocycles. The van der Waals surface area contributed by atoms with Crippen LogP contribution in [0.25, 0.3) is 0 Å². The highest BCUT2D eigenvalue weighted by atomic mass is 79.9. The van der Waals surface area contributed by atoms with E-state index in [4.69, 9.17) is 5.11 Å². The summed E-state index contributed by atoms with van der Waals surface area (Å²) in [6, 6.07) is 3.65. The second-order valence-corrected chi connectivity index (χ2v) is 4.96. The van der Waals surface area contributed by atoms with Gasteiger partial charge in [0.1, 0.15) is 12.4 Å². The zero-order valence-electron chi connectivity index (χ0n) is 9.98. The van der Waals surface area contributed by atoms with E-state index >= 15 is 0 Å². The zero-order valence-corrected chi connectivity index (χ0v) is 11.6. The van der Waals surface area contributed by atoms with E-state index in [0.29, 0.717) is 4.47 Å². The van der Waals surface area contributed by atoms with E-state index in [1.807, 2.05) is 0 Å². The fraction of sp³-hybridized carbons (Fsp3) is 0.333. The molecule has 1 rings (SSSR count). The molecule has 0 heterocycles. The SMILES string of the molecule is CC(C)N(CC(=O)O)C(=O)c1cc(Br)ccc1F. The van der Waals surface area contributed by atoms with Gasteiger partial charge < -0.3 is 10.0 Å². The number of hydrogen-bond donors (Lipinski definition) is 1. The van der Waals surface area contributed by atoms with Crippen LogP contribution in [0.5, 0.6) is 0 Å². The number of halogens is 2. The topological polar surface area (TPSA) is 57.6 Å². The summed E-state index contributed by atoms with van der Waals surface area (Å²) < 4.78 is 14.1. The number of benzene rings is 1. The first-order valence-corrected chi connectivity index (χ1v) is 6.10. The summed E-state index contributed by atoms with van der Waals surface area (Å²) >= 11 is 3.15. The number of carboxylic acids is 1. The normalized spacial score (nSPS) is 10.5. The van der Waals surface area contributed by atoms with E-state index in [1.165, 1.54) is 12.1 Å². The van der Waals surface area contributed by atoms with Gasteiger partial charge in [0, 0.05) is 10.5 Å². The lowest BCUT2D eigenvalue weighted by molar-refractivity contribution is -0.138. The Bertz CT molecular complexity index is 476. The van der Waals surface area contributed by atoms with Crippen LogP contribution >= 0.6 is 15.9 Å². The van der Waals surface area contributed by atoms with Gasteiger partial charge in [-0.3, -0.25) is 9.59 Å². The van der Waals surface area contributed by atoms with Gasteiger partial charge in [0.25, 0.3) is 5.91 Å². The average molecular weight is 318 g/mol. The number of carbonyl (C=O) groups excluding carboxylic acids is 1. The summed E-state index contributed by atoms with van der Waals surface area (Å²) in [7, 11) is 0. The monoisotopic (exact) mass is 317 g/mol. The predicted molar refractivity (Wildman–Crippen MR) is 67.9 cm³/mol. The van der Waals surface area contributed by atoms with Crippen molar-refractivity contribution in [1.82, 2.24) is 4.90 Å². The number of amides is 1. The molecule has 1 aromatic carbocycles. The minimum Gasteiger partial charge on any atom is -0.480 e. The number of rotatable bonds is 4. The van der Waals surface area contributed by atoms with Gasteiger partial charge in [-0.15, -0.1) is 0 Å². The first-order valence-electron chi connectivity index (χ1n) is 5.30. The van der Waals surface area contributed by atoms with Crippen molar-refractivity contribution in [2.45, 2.75) is 19.9 Å². The summed E-state index contributed by atoms with van der Waals surface area (Å²) in [6.45, 7) is 2.90. The van der Waals surface area contributed by atoms with Crippen molar-refractivity contribution in [2.24, 2.45) is 0 Å². The van der Waals surface area contributed by atoms with E-state index in [9.17, 15) is 14.0 Å². The number of hydrogen-bond acceptors (Lipinski definition) is 2. The molecule has 0 aliphatic rings. The average Bonchev–Trinajstić information content (AvgIpc) is 2.27. The van der Waals surface area contributed by atoms with E-state index in [0.717, 1.165) is 11.0 Å². The van der Waals surface area contributed by atoms with Crippen LogP contribution in [0.2, 0.25) is 0 Å². The Morgan fingerprint density at radius 3 is 2.56 bits per heavy atom. The van der Waals surface area contributed by atoms with Crippen LogP contribution in [0.4, 0.5) is 4.39 Å². The van der Waals surface area contributed by atoms with Crippen LogP contribution in [0, 0.1) is 5.82 Å². The molecule has 0 unspecified atom stereocenters. The van der Waals surface area contributed by atoms with Crippen molar-refractivity contribution in [2.75, 3.05) is 6.54 Å². The zero-order chi connectivity index (χ0) is 13.9. The van der Waals surface area contributed by atoms with Crippen LogP contribution in [-0.4, -0.2) is 34.5 Å². The van der Waals surface area contributed by atoms with Gasteiger partial charge in [-0.25, -0.2) is 4.39 Å². The van der Waals surface area contributed by atoms with Crippen LogP contribution in [0.3, 0.4) is 0 Å². The molecule has 0 aliphatic heterocycles. The molecule has 0 radical (unpaired) electrons. The van der Waals surface area contributed by atoms with Gasteiger partial charge in [0.2, 0.25) is 0 Å². The maximum Gasteiger partial charge on any atom is 0.323 e. The van der Waals surface area contributed by atoms with E-state index in [2.05, 4.69) is 15.9 Å². The van der Waals surface area contributed by atoms with Crippen molar-refractivity contribution in [3.8, 4) is 0 Å². The molecule has 1 aromatic rings. The van der Waals surface area contributed by atoms with Gasteiger partial charge in [-0.05, 0) is 32.0 Å². The van der Waals surface area contributed by atoms with Crippen LogP contribution < -0.4 is 0 Å². The molecule has 0 saturated carbocycles. The Labute approximate surface area is 113 Å². The summed E-state index contributed by atoms with van der Waals surface area (Å²) in [5.74, 6) is -2.43. The lowest BCUT2D eigenvalue weighted by atomic mass is 10.1. The Hall–Kier alpha value is -1.43. The van der Waals surface area contributed by atoms with Crippen molar-refractivity contribution >= 4 is 27.8 Å². The van der Waals surface area contributed by atoms with Crippen molar-refractivity contribution in [3.05, 3.63) is 34.1 Å². The molecule has 0 aromatic heterocycles. The highest BCUT2D eigenvalue weighted by Crippen LogP contribution is 2.18. The van der Waals surface area contributed by atoms with Gasteiger partial charge in [0.15, 0.2) is 0 Å². The molecule has 0 spiro atoms. The van der Waals surface area contributed by atoms with Gasteiger partial charge in [0.05, 0.1) is 5.56 Å². The Kier molecular flexibility index (Phi) is 4.84. The lowest BCUT2D eigenvalue weighted by Gasteiger charge is -2.25. The first kappa shape index (κ1) is 14.6. The first-order chi connectivity index (χ1) is 8.32. The Balaban J connectivity index is 3.09. The molecular weight excluding hydrogens is 305 g/mol. The molecule has 1 amide bonds. The third-order valence-corrected chi connectivity index (χ3v) is 2.84. The quantitative estimate of drug-likeness (QED) is 0.928.